The van der Waals surface area contributed by atoms with Gasteiger partial charge in [-0.15, -0.1) is 0 Å². The van der Waals surface area contributed by atoms with Gasteiger partial charge in [-0.25, -0.2) is 14.5 Å². The first-order valence-corrected chi connectivity index (χ1v) is 10.7. The van der Waals surface area contributed by atoms with Crippen LogP contribution in [-0.4, -0.2) is 50.9 Å². The van der Waals surface area contributed by atoms with Gasteiger partial charge in [0.05, 0.1) is 24.4 Å². The molecule has 9 nitrogen and oxygen atoms in total. The first-order chi connectivity index (χ1) is 16.0. The van der Waals surface area contributed by atoms with Crippen LogP contribution >= 0.6 is 0 Å². The Kier molecular flexibility index (Phi) is 5.29. The maximum atomic E-state index is 12.8. The van der Waals surface area contributed by atoms with Crippen molar-refractivity contribution in [3.05, 3.63) is 82.0 Å². The third kappa shape index (κ3) is 3.93. The number of likely N-dealkylation sites (tertiary alicyclic amines) is 1. The van der Waals surface area contributed by atoms with E-state index in [1.807, 2.05) is 54.6 Å². The van der Waals surface area contributed by atoms with Crippen molar-refractivity contribution in [3.63, 3.8) is 0 Å². The van der Waals surface area contributed by atoms with Crippen molar-refractivity contribution < 1.29 is 9.53 Å². The Morgan fingerprint density at radius 1 is 1.15 bits per heavy atom. The maximum Gasteiger partial charge on any atom is 0.317 e. The summed E-state index contributed by atoms with van der Waals surface area (Å²) in [6, 6.07) is 17.0. The van der Waals surface area contributed by atoms with Crippen LogP contribution in [0.5, 0.6) is 5.75 Å². The Labute approximate surface area is 190 Å². The number of carbonyl (C=O) groups is 1. The van der Waals surface area contributed by atoms with Gasteiger partial charge < -0.3 is 19.9 Å². The molecule has 0 radical (unpaired) electrons. The highest BCUT2D eigenvalue weighted by atomic mass is 16.5. The zero-order chi connectivity index (χ0) is 22.9. The van der Waals surface area contributed by atoms with E-state index >= 15 is 0 Å². The highest BCUT2D eigenvalue weighted by Crippen LogP contribution is 2.26. The Morgan fingerprint density at radius 2 is 1.88 bits per heavy atom. The number of fused-ring (bicyclic) bond motifs is 1. The number of para-hydroxylation sites is 1. The number of nitrogens with zero attached hydrogens (tertiary/aromatic N) is 4. The fourth-order valence-corrected chi connectivity index (χ4v) is 4.00. The first-order valence-electron chi connectivity index (χ1n) is 10.7. The summed E-state index contributed by atoms with van der Waals surface area (Å²) in [4.78, 5) is 34.6. The number of carbonyl (C=O) groups excluding carboxylic acids is 1. The largest absolute Gasteiger partial charge is 0.497 e. The van der Waals surface area contributed by atoms with Gasteiger partial charge in [0.15, 0.2) is 5.65 Å². The van der Waals surface area contributed by atoms with Crippen LogP contribution in [0, 0.1) is 6.92 Å². The number of rotatable bonds is 5. The summed E-state index contributed by atoms with van der Waals surface area (Å²) < 4.78 is 6.85. The van der Waals surface area contributed by atoms with E-state index in [1.54, 1.807) is 23.6 Å². The van der Waals surface area contributed by atoms with Gasteiger partial charge in [-0.2, -0.15) is 5.10 Å². The molecule has 0 atom stereocenters. The third-order valence-electron chi connectivity index (χ3n) is 5.89. The van der Waals surface area contributed by atoms with Gasteiger partial charge in [-0.05, 0) is 36.8 Å². The molecule has 2 aromatic heterocycles. The Morgan fingerprint density at radius 3 is 2.58 bits per heavy atom. The summed E-state index contributed by atoms with van der Waals surface area (Å²) in [5.41, 5.74) is 2.77. The number of urea groups is 1. The predicted octanol–water partition coefficient (Wildman–Crippen LogP) is 2.73. The summed E-state index contributed by atoms with van der Waals surface area (Å²) in [6.45, 7) is 3.21. The lowest BCUT2D eigenvalue weighted by Gasteiger charge is -2.38. The second-order valence-electron chi connectivity index (χ2n) is 8.09. The molecule has 33 heavy (non-hydrogen) atoms. The Balaban J connectivity index is 1.29. The number of aromatic amines is 1. The van der Waals surface area contributed by atoms with Gasteiger partial charge in [0.25, 0.3) is 5.56 Å². The van der Waals surface area contributed by atoms with E-state index in [4.69, 9.17) is 9.72 Å². The average molecular weight is 444 g/mol. The zero-order valence-corrected chi connectivity index (χ0v) is 18.4. The molecule has 0 unspecified atom stereocenters. The minimum absolute atomic E-state index is 0.0340. The number of hydrogen-bond acceptors (Lipinski definition) is 5. The summed E-state index contributed by atoms with van der Waals surface area (Å²) >= 11 is 0. The quantitative estimate of drug-likeness (QED) is 0.493. The van der Waals surface area contributed by atoms with Gasteiger partial charge >= 0.3 is 6.03 Å². The van der Waals surface area contributed by atoms with E-state index in [0.29, 0.717) is 42.2 Å². The SMILES string of the molecule is COc1ccc(CNC(=O)N2CC(c3nc4c(c(C)nn4-c4ccccc4)c(=O)[nH]3)C2)cc1. The number of nitrogens with one attached hydrogen (secondary N) is 2. The maximum absolute atomic E-state index is 12.8. The molecule has 1 aliphatic heterocycles. The Hall–Kier alpha value is -4.14. The molecule has 0 aliphatic carbocycles. The number of ether oxygens (including phenoxy) is 1. The molecule has 2 amide bonds. The normalized spacial score (nSPS) is 13.7. The number of aromatic nitrogens is 4. The van der Waals surface area contributed by atoms with Crippen molar-refractivity contribution in [1.82, 2.24) is 30.0 Å². The summed E-state index contributed by atoms with van der Waals surface area (Å²) in [5, 5.41) is 7.93. The van der Waals surface area contributed by atoms with Crippen molar-refractivity contribution in [2.24, 2.45) is 0 Å². The second kappa shape index (κ2) is 8.42. The highest BCUT2D eigenvalue weighted by Gasteiger charge is 2.34. The van der Waals surface area contributed by atoms with E-state index in [2.05, 4.69) is 15.4 Å². The van der Waals surface area contributed by atoms with E-state index < -0.39 is 0 Å². The third-order valence-corrected chi connectivity index (χ3v) is 5.89. The molecule has 4 aromatic rings. The van der Waals surface area contributed by atoms with Crippen LogP contribution in [0.4, 0.5) is 4.79 Å². The number of benzene rings is 2. The number of aryl methyl sites for hydroxylation is 1. The Bertz CT molecular complexity index is 1350. The average Bonchev–Trinajstić information content (AvgIpc) is 3.14. The minimum Gasteiger partial charge on any atom is -0.497 e. The van der Waals surface area contributed by atoms with Crippen molar-refractivity contribution in [1.29, 1.82) is 0 Å². The van der Waals surface area contributed by atoms with E-state index in [9.17, 15) is 9.59 Å². The number of H-pyrrole nitrogens is 1. The minimum atomic E-state index is -0.211. The first kappa shape index (κ1) is 20.7. The monoisotopic (exact) mass is 444 g/mol. The van der Waals surface area contributed by atoms with Crippen LogP contribution in [0.25, 0.3) is 16.7 Å². The number of methoxy groups -OCH3 is 1. The second-order valence-corrected chi connectivity index (χ2v) is 8.09. The topological polar surface area (TPSA) is 105 Å². The molecule has 168 valence electrons. The van der Waals surface area contributed by atoms with Gasteiger partial charge in [0.2, 0.25) is 0 Å². The number of amides is 2. The van der Waals surface area contributed by atoms with E-state index in [1.165, 1.54) is 0 Å². The van der Waals surface area contributed by atoms with Gasteiger partial charge in [0.1, 0.15) is 17.0 Å². The van der Waals surface area contributed by atoms with Crippen LogP contribution in [0.1, 0.15) is 23.0 Å². The standard InChI is InChI=1S/C24H24N6O3/c1-15-20-22(30(28-15)18-6-4-3-5-7-18)26-21(27-23(20)31)17-13-29(14-17)24(32)25-12-16-8-10-19(33-2)11-9-16/h3-11,17H,12-14H2,1-2H3,(H,25,32)(H,26,27,31). The molecule has 3 heterocycles. The van der Waals surface area contributed by atoms with Crippen LogP contribution in [-0.2, 0) is 6.54 Å². The van der Waals surface area contributed by atoms with Crippen molar-refractivity contribution in [3.8, 4) is 11.4 Å². The lowest BCUT2D eigenvalue weighted by molar-refractivity contribution is 0.148. The lowest BCUT2D eigenvalue weighted by atomic mass is 9.99. The highest BCUT2D eigenvalue weighted by molar-refractivity contribution is 5.79. The molecular weight excluding hydrogens is 420 g/mol. The summed E-state index contributed by atoms with van der Waals surface area (Å²) in [5.74, 6) is 1.31. The molecule has 2 aromatic carbocycles. The molecule has 9 heteroatoms. The van der Waals surface area contributed by atoms with Crippen LogP contribution in [0.15, 0.2) is 59.4 Å². The fourth-order valence-electron chi connectivity index (χ4n) is 4.00. The summed E-state index contributed by atoms with van der Waals surface area (Å²) in [7, 11) is 1.62. The van der Waals surface area contributed by atoms with Crippen LogP contribution < -0.4 is 15.6 Å². The molecule has 0 saturated carbocycles. The number of hydrogen-bond donors (Lipinski definition) is 2. The van der Waals surface area contributed by atoms with E-state index in [0.717, 1.165) is 17.0 Å². The lowest BCUT2D eigenvalue weighted by Crippen LogP contribution is -2.53. The predicted molar refractivity (Wildman–Crippen MR) is 124 cm³/mol. The van der Waals surface area contributed by atoms with Crippen LogP contribution in [0.2, 0.25) is 0 Å². The van der Waals surface area contributed by atoms with Crippen molar-refractivity contribution in [2.45, 2.75) is 19.4 Å². The van der Waals surface area contributed by atoms with Gasteiger partial charge in [-0.3, -0.25) is 4.79 Å². The molecule has 1 saturated heterocycles. The van der Waals surface area contributed by atoms with Gasteiger partial charge in [0, 0.05) is 19.6 Å². The van der Waals surface area contributed by atoms with E-state index in [-0.39, 0.29) is 17.5 Å². The van der Waals surface area contributed by atoms with Crippen molar-refractivity contribution >= 4 is 17.1 Å². The molecule has 0 spiro atoms. The summed E-state index contributed by atoms with van der Waals surface area (Å²) in [6.07, 6.45) is 0. The molecular formula is C24H24N6O3. The smallest absolute Gasteiger partial charge is 0.317 e. The fraction of sp³-hybridized carbons (Fsp3) is 0.250. The molecule has 5 rings (SSSR count). The molecule has 1 fully saturated rings. The van der Waals surface area contributed by atoms with Crippen LogP contribution in [0.3, 0.4) is 0 Å². The zero-order valence-electron chi connectivity index (χ0n) is 18.4. The molecule has 0 bridgehead atoms. The van der Waals surface area contributed by atoms with Gasteiger partial charge in [-0.1, -0.05) is 30.3 Å². The molecule has 1 aliphatic rings. The molecule has 2 N–H and O–H groups in total. The van der Waals surface area contributed by atoms with Crippen molar-refractivity contribution in [2.75, 3.05) is 20.2 Å².